The number of hydrogen-bond donors (Lipinski definition) is 0. The summed E-state index contributed by atoms with van der Waals surface area (Å²) in [5, 5.41) is 0. The van der Waals surface area contributed by atoms with Gasteiger partial charge in [-0.3, -0.25) is 0 Å². The molecule has 1 nitrogen and oxygen atoms in total. The van der Waals surface area contributed by atoms with E-state index < -0.39 is 0 Å². The smallest absolute Gasteiger partial charge is 0.0967 e. The van der Waals surface area contributed by atoms with E-state index in [1.54, 1.807) is 0 Å². The molecule has 0 fully saturated rings. The summed E-state index contributed by atoms with van der Waals surface area (Å²) in [6, 6.07) is 0. The molecule has 0 rings (SSSR count). The third-order valence-corrected chi connectivity index (χ3v) is 0.889. The summed E-state index contributed by atoms with van der Waals surface area (Å²) in [5.41, 5.74) is 0. The maximum atomic E-state index is 2.18. The van der Waals surface area contributed by atoms with Crippen molar-refractivity contribution in [1.29, 1.82) is 0 Å². The van der Waals surface area contributed by atoms with E-state index in [2.05, 4.69) is 40.2 Å². The zero-order valence-corrected chi connectivity index (χ0v) is 7.44. The van der Waals surface area contributed by atoms with E-state index in [-0.39, 0.29) is 12.4 Å². The zero-order valence-electron chi connectivity index (χ0n) is 6.69. The fourth-order valence-corrected chi connectivity index (χ4v) is 0.422. The summed E-state index contributed by atoms with van der Waals surface area (Å²) in [6.07, 6.45) is 4.27. The monoisotopic (exact) mass is 149 g/mol. The standard InChI is InChI=1S/C7H16N.ClH/c1-5-6-7-8(2,3)4;/h5-6H,7H2,1-4H3;1H/q+1;/p-1. The maximum absolute atomic E-state index is 2.18. The molecule has 2 heteroatoms. The highest BCUT2D eigenvalue weighted by Crippen LogP contribution is 1.88. The topological polar surface area (TPSA) is 0 Å². The van der Waals surface area contributed by atoms with Gasteiger partial charge in [0, 0.05) is 0 Å². The molecule has 0 unspecified atom stereocenters. The van der Waals surface area contributed by atoms with E-state index in [9.17, 15) is 0 Å². The summed E-state index contributed by atoms with van der Waals surface area (Å²) in [7, 11) is 6.54. The van der Waals surface area contributed by atoms with Crippen molar-refractivity contribution in [3.63, 3.8) is 0 Å². The molecule has 0 amide bonds. The molecular weight excluding hydrogens is 134 g/mol. The van der Waals surface area contributed by atoms with Crippen LogP contribution in [0.5, 0.6) is 0 Å². The highest BCUT2D eigenvalue weighted by molar-refractivity contribution is 4.75. The third-order valence-electron chi connectivity index (χ3n) is 0.889. The number of likely N-dealkylation sites (N-methyl/N-ethyl adjacent to an activating group) is 1. The van der Waals surface area contributed by atoms with Crippen molar-refractivity contribution in [3.05, 3.63) is 12.2 Å². The first-order valence-electron chi connectivity index (χ1n) is 2.98. The van der Waals surface area contributed by atoms with Crippen LogP contribution < -0.4 is 12.4 Å². The summed E-state index contributed by atoms with van der Waals surface area (Å²) >= 11 is 0. The van der Waals surface area contributed by atoms with Gasteiger partial charge in [-0.2, -0.15) is 0 Å². The van der Waals surface area contributed by atoms with E-state index in [0.29, 0.717) is 0 Å². The third kappa shape index (κ3) is 11.5. The van der Waals surface area contributed by atoms with Crippen LogP contribution in [0.3, 0.4) is 0 Å². The molecular formula is C7H16ClN. The first-order valence-corrected chi connectivity index (χ1v) is 2.98. The lowest BCUT2D eigenvalue weighted by atomic mass is 10.4. The molecule has 0 aromatic carbocycles. The molecule has 0 aliphatic carbocycles. The molecule has 0 radical (unpaired) electrons. The van der Waals surface area contributed by atoms with Gasteiger partial charge in [0.05, 0.1) is 27.7 Å². The lowest BCUT2D eigenvalue weighted by molar-refractivity contribution is -0.864. The van der Waals surface area contributed by atoms with Gasteiger partial charge in [-0.15, -0.1) is 0 Å². The largest absolute Gasteiger partial charge is 1.00 e. The Morgan fingerprint density at radius 3 is 1.78 bits per heavy atom. The van der Waals surface area contributed by atoms with Crippen LogP contribution in [0.4, 0.5) is 0 Å². The first kappa shape index (κ1) is 11.7. The van der Waals surface area contributed by atoms with Crippen LogP contribution in [-0.4, -0.2) is 32.2 Å². The van der Waals surface area contributed by atoms with Gasteiger partial charge < -0.3 is 16.9 Å². The van der Waals surface area contributed by atoms with Crippen molar-refractivity contribution in [2.24, 2.45) is 0 Å². The summed E-state index contributed by atoms with van der Waals surface area (Å²) in [5.74, 6) is 0. The van der Waals surface area contributed by atoms with Crippen LogP contribution in [-0.2, 0) is 0 Å². The Bertz CT molecular complexity index is 81.4. The Morgan fingerprint density at radius 2 is 1.67 bits per heavy atom. The van der Waals surface area contributed by atoms with Crippen molar-refractivity contribution in [1.82, 2.24) is 0 Å². The quantitative estimate of drug-likeness (QED) is 0.324. The van der Waals surface area contributed by atoms with Gasteiger partial charge in [0.25, 0.3) is 0 Å². The molecule has 0 bridgehead atoms. The van der Waals surface area contributed by atoms with E-state index >= 15 is 0 Å². The number of halogens is 1. The second-order valence-electron chi connectivity index (χ2n) is 3.04. The Balaban J connectivity index is 0. The predicted octanol–water partition coefficient (Wildman–Crippen LogP) is -1.73. The van der Waals surface area contributed by atoms with Crippen LogP contribution in [0.15, 0.2) is 12.2 Å². The van der Waals surface area contributed by atoms with Gasteiger partial charge in [-0.05, 0) is 13.0 Å². The highest BCUT2D eigenvalue weighted by Gasteiger charge is 2.00. The van der Waals surface area contributed by atoms with Crippen LogP contribution in [0.25, 0.3) is 0 Å². The van der Waals surface area contributed by atoms with Gasteiger partial charge in [0.2, 0.25) is 0 Å². The van der Waals surface area contributed by atoms with Crippen molar-refractivity contribution in [2.75, 3.05) is 27.7 Å². The van der Waals surface area contributed by atoms with Gasteiger partial charge in [-0.25, -0.2) is 0 Å². The average Bonchev–Trinajstić information content (AvgIpc) is 1.59. The molecule has 0 saturated heterocycles. The maximum Gasteiger partial charge on any atom is 0.0967 e. The zero-order chi connectivity index (χ0) is 6.62. The van der Waals surface area contributed by atoms with Gasteiger partial charge in [0.15, 0.2) is 0 Å². The lowest BCUT2D eigenvalue weighted by Gasteiger charge is -2.21. The minimum atomic E-state index is 0. The van der Waals surface area contributed by atoms with Gasteiger partial charge >= 0.3 is 0 Å². The van der Waals surface area contributed by atoms with Crippen molar-refractivity contribution in [3.8, 4) is 0 Å². The van der Waals surface area contributed by atoms with Crippen molar-refractivity contribution in [2.45, 2.75) is 6.92 Å². The first-order chi connectivity index (χ1) is 3.56. The van der Waals surface area contributed by atoms with Gasteiger partial charge in [-0.1, -0.05) is 6.08 Å². The second-order valence-corrected chi connectivity index (χ2v) is 3.04. The van der Waals surface area contributed by atoms with Crippen LogP contribution in [0.1, 0.15) is 6.92 Å². The molecule has 0 N–H and O–H groups in total. The molecule has 9 heavy (non-hydrogen) atoms. The second kappa shape index (κ2) is 4.83. The number of rotatable bonds is 2. The number of allylic oxidation sites excluding steroid dienone is 1. The SMILES string of the molecule is CC=CC[N+](C)(C)C.[Cl-]. The summed E-state index contributed by atoms with van der Waals surface area (Å²) < 4.78 is 1.02. The molecule has 0 saturated carbocycles. The molecule has 0 atom stereocenters. The van der Waals surface area contributed by atoms with Crippen LogP contribution in [0.2, 0.25) is 0 Å². The Morgan fingerprint density at radius 1 is 1.22 bits per heavy atom. The number of hydrogen-bond acceptors (Lipinski definition) is 0. The molecule has 0 aliphatic heterocycles. The average molecular weight is 150 g/mol. The van der Waals surface area contributed by atoms with Crippen LogP contribution in [0, 0.1) is 0 Å². The van der Waals surface area contributed by atoms with E-state index in [0.717, 1.165) is 11.0 Å². The summed E-state index contributed by atoms with van der Waals surface area (Å²) in [4.78, 5) is 0. The van der Waals surface area contributed by atoms with E-state index in [1.165, 1.54) is 0 Å². The highest BCUT2D eigenvalue weighted by atomic mass is 35.5. The van der Waals surface area contributed by atoms with E-state index in [1.807, 2.05) is 0 Å². The molecule has 0 aromatic rings. The Hall–Kier alpha value is -0.0100. The Kier molecular flexibility index (Phi) is 6.30. The Labute approximate surface area is 64.4 Å². The summed E-state index contributed by atoms with van der Waals surface area (Å²) in [6.45, 7) is 3.17. The normalized spacial score (nSPS) is 11.6. The predicted molar refractivity (Wildman–Crippen MR) is 37.7 cm³/mol. The molecule has 0 heterocycles. The van der Waals surface area contributed by atoms with Crippen molar-refractivity contribution < 1.29 is 16.9 Å². The van der Waals surface area contributed by atoms with Crippen LogP contribution >= 0.6 is 0 Å². The van der Waals surface area contributed by atoms with E-state index in [4.69, 9.17) is 0 Å². The van der Waals surface area contributed by atoms with Gasteiger partial charge in [0.1, 0.15) is 0 Å². The minimum Gasteiger partial charge on any atom is -1.00 e. The van der Waals surface area contributed by atoms with Crippen molar-refractivity contribution >= 4 is 0 Å². The number of nitrogens with zero attached hydrogens (tertiary/aromatic N) is 1. The fraction of sp³-hybridized carbons (Fsp3) is 0.714. The molecule has 0 aromatic heterocycles. The molecule has 56 valence electrons. The minimum absolute atomic E-state index is 0. The molecule has 0 spiro atoms. The number of quaternary nitrogens is 1. The lowest BCUT2D eigenvalue weighted by Crippen LogP contribution is -3.00. The molecule has 0 aliphatic rings. The fourth-order valence-electron chi connectivity index (χ4n) is 0.422.